The predicted octanol–water partition coefficient (Wildman–Crippen LogP) is 2.32. The first-order chi connectivity index (χ1) is 33.1. The first kappa shape index (κ1) is 64.4. The molecule has 0 aromatic carbocycles. The van der Waals surface area contributed by atoms with E-state index >= 15 is 0 Å². The molecular weight excluding hydrogens is 901 g/mol. The second-order valence-corrected chi connectivity index (χ2v) is 19.0. The van der Waals surface area contributed by atoms with E-state index in [-0.39, 0.29) is 81.1 Å². The number of guanidine groups is 2. The summed E-state index contributed by atoms with van der Waals surface area (Å²) in [5, 5.41) is 10.5. The molecule has 0 aromatic rings. The first-order valence-corrected chi connectivity index (χ1v) is 25.5. The van der Waals surface area contributed by atoms with Crippen molar-refractivity contribution in [2.45, 2.75) is 200 Å². The summed E-state index contributed by atoms with van der Waals surface area (Å²) in [7, 11) is 1.33. The summed E-state index contributed by atoms with van der Waals surface area (Å²) in [5.74, 6) is -9.47. The normalized spacial score (nSPS) is 13.6. The molecule has 70 heavy (non-hydrogen) atoms. The Morgan fingerprint density at radius 3 is 1.29 bits per heavy atom. The van der Waals surface area contributed by atoms with Crippen molar-refractivity contribution in [3.8, 4) is 0 Å². The van der Waals surface area contributed by atoms with Gasteiger partial charge < -0.3 is 55.7 Å². The number of unbranched alkanes of at least 4 members (excludes halogenated alkanes) is 12. The van der Waals surface area contributed by atoms with Crippen LogP contribution in [-0.4, -0.2) is 103 Å². The zero-order valence-corrected chi connectivity index (χ0v) is 43.0. The van der Waals surface area contributed by atoms with E-state index in [4.69, 9.17) is 34.4 Å². The smallest absolute Gasteiger partial charge is 0.224 e. The summed E-state index contributed by atoms with van der Waals surface area (Å²) >= 11 is 0. The van der Waals surface area contributed by atoms with Crippen LogP contribution in [0.15, 0.2) is 9.98 Å². The molecule has 6 amide bonds. The zero-order valence-electron chi connectivity index (χ0n) is 43.0. The second-order valence-electron chi connectivity index (χ2n) is 19.0. The molecule has 0 aliphatic heterocycles. The van der Waals surface area contributed by atoms with Gasteiger partial charge in [0.15, 0.2) is 29.3 Å². The monoisotopic (exact) mass is 991 g/mol. The van der Waals surface area contributed by atoms with Crippen LogP contribution in [0, 0.1) is 23.7 Å². The number of Topliss-reactive ketones (excluding diaryl/α,β-unsaturated/α-hetero) is 3. The van der Waals surface area contributed by atoms with Crippen molar-refractivity contribution in [3.05, 3.63) is 0 Å². The number of carbonyl (C=O) groups excluding carboxylic acids is 9. The van der Waals surface area contributed by atoms with Crippen molar-refractivity contribution in [1.29, 1.82) is 0 Å². The molecule has 0 bridgehead atoms. The van der Waals surface area contributed by atoms with E-state index in [2.05, 4.69) is 38.2 Å². The molecule has 16 N–H and O–H groups in total. The lowest BCUT2D eigenvalue weighted by atomic mass is 9.87. The van der Waals surface area contributed by atoms with Crippen LogP contribution in [0.2, 0.25) is 0 Å². The number of hydrogen-bond acceptors (Lipinski definition) is 11. The number of hydrogen-bond donors (Lipinski definition) is 10. The van der Waals surface area contributed by atoms with E-state index in [0.29, 0.717) is 12.8 Å². The fourth-order valence-corrected chi connectivity index (χ4v) is 8.15. The Labute approximate surface area is 416 Å². The molecule has 0 aliphatic carbocycles. The van der Waals surface area contributed by atoms with Gasteiger partial charge in [-0.15, -0.1) is 0 Å². The number of nitrogens with one attached hydrogen (secondary N) is 4. The van der Waals surface area contributed by atoms with E-state index < -0.39 is 103 Å². The van der Waals surface area contributed by atoms with Crippen molar-refractivity contribution < 1.29 is 43.2 Å². The third kappa shape index (κ3) is 32.2. The van der Waals surface area contributed by atoms with E-state index in [1.165, 1.54) is 71.8 Å². The summed E-state index contributed by atoms with van der Waals surface area (Å²) < 4.78 is 0. The Morgan fingerprint density at radius 2 is 0.857 bits per heavy atom. The van der Waals surface area contributed by atoms with Gasteiger partial charge >= 0.3 is 0 Å². The number of aliphatic imine (C=N–C) groups is 2. The topological polar surface area (TPSA) is 383 Å². The van der Waals surface area contributed by atoms with Gasteiger partial charge in [0.05, 0.1) is 30.0 Å². The molecule has 0 radical (unpaired) electrons. The van der Waals surface area contributed by atoms with Gasteiger partial charge in [-0.1, -0.05) is 97.8 Å². The van der Waals surface area contributed by atoms with Gasteiger partial charge in [0.25, 0.3) is 0 Å². The zero-order chi connectivity index (χ0) is 53.0. The van der Waals surface area contributed by atoms with E-state index in [9.17, 15) is 43.2 Å². The number of carbonyl (C=O) groups is 9. The Balaban J connectivity index is 6.09. The van der Waals surface area contributed by atoms with Crippen molar-refractivity contribution in [3.63, 3.8) is 0 Å². The van der Waals surface area contributed by atoms with Gasteiger partial charge in [0, 0.05) is 64.6 Å². The molecule has 6 atom stereocenters. The molecule has 0 unspecified atom stereocenters. The maximum absolute atomic E-state index is 14.2. The van der Waals surface area contributed by atoms with Crippen LogP contribution < -0.4 is 55.7 Å². The van der Waals surface area contributed by atoms with E-state index in [1.54, 1.807) is 0 Å². The fraction of sp³-hybridized carbons (Fsp3) is 0.776. The molecule has 0 aromatic heterocycles. The van der Waals surface area contributed by atoms with Crippen LogP contribution in [0.25, 0.3) is 0 Å². The minimum atomic E-state index is -1.37. The van der Waals surface area contributed by atoms with Crippen molar-refractivity contribution in [2.75, 3.05) is 20.1 Å². The minimum absolute atomic E-state index is 0.00685. The predicted molar refractivity (Wildman–Crippen MR) is 272 cm³/mol. The standard InChI is InChI=1S/C49H90N12O9/c1-6-7-8-9-10-11-12-13-14-15-16-17-18-23-44(67)60-37(21-19-24-57-48(52)53)40(63)28-34(26-32(2)3)47(70)61-38(22-20-25-58-49(54)55)41(64)29-36(31-43(51)66)46(69)59-33(4)39(62)27-35(30-42(50)65)45(68)56-5/h32-38H,6-31H2,1-5H3,(H2,50,65)(H2,51,66)(H,56,68)(H,59,69)(H,60,67)(H,61,70)(H4,52,53,57)(H4,54,55,58)/t33-,34+,35-,36-,37-,38-/m0/s1. The fourth-order valence-electron chi connectivity index (χ4n) is 8.15. The Morgan fingerprint density at radius 1 is 0.457 bits per heavy atom. The minimum Gasteiger partial charge on any atom is -0.370 e. The van der Waals surface area contributed by atoms with E-state index in [0.717, 1.165) is 19.3 Å². The lowest BCUT2D eigenvalue weighted by Crippen LogP contribution is -2.48. The van der Waals surface area contributed by atoms with Crippen LogP contribution in [0.5, 0.6) is 0 Å². The second kappa shape index (κ2) is 38.2. The molecule has 21 nitrogen and oxygen atoms in total. The number of amides is 6. The van der Waals surface area contributed by atoms with Crippen molar-refractivity contribution in [2.24, 2.45) is 68.1 Å². The molecular formula is C49H90N12O9. The third-order valence-corrected chi connectivity index (χ3v) is 12.0. The van der Waals surface area contributed by atoms with Gasteiger partial charge in [0.1, 0.15) is 0 Å². The van der Waals surface area contributed by atoms with Crippen LogP contribution >= 0.6 is 0 Å². The van der Waals surface area contributed by atoms with Crippen LogP contribution in [0.4, 0.5) is 0 Å². The largest absolute Gasteiger partial charge is 0.370 e. The van der Waals surface area contributed by atoms with Crippen LogP contribution in [0.3, 0.4) is 0 Å². The van der Waals surface area contributed by atoms with Crippen molar-refractivity contribution >= 4 is 64.7 Å². The molecule has 0 spiro atoms. The summed E-state index contributed by atoms with van der Waals surface area (Å²) in [6.07, 6.45) is 14.2. The Kier molecular flexibility index (Phi) is 35.1. The number of ketones is 3. The molecule has 0 aliphatic rings. The summed E-state index contributed by atoms with van der Waals surface area (Å²) in [4.78, 5) is 126. The summed E-state index contributed by atoms with van der Waals surface area (Å²) in [6, 6.07) is -3.36. The summed E-state index contributed by atoms with van der Waals surface area (Å²) in [6.45, 7) is 7.63. The highest BCUT2D eigenvalue weighted by molar-refractivity contribution is 5.98. The van der Waals surface area contributed by atoms with Crippen LogP contribution in [-0.2, 0) is 43.2 Å². The lowest BCUT2D eigenvalue weighted by molar-refractivity contribution is -0.137. The maximum Gasteiger partial charge on any atom is 0.224 e. The molecule has 21 heteroatoms. The lowest BCUT2D eigenvalue weighted by Gasteiger charge is -2.26. The molecule has 0 rings (SSSR count). The Hall–Kier alpha value is -5.63. The molecule has 0 fully saturated rings. The van der Waals surface area contributed by atoms with Crippen LogP contribution in [0.1, 0.15) is 182 Å². The highest BCUT2D eigenvalue weighted by Crippen LogP contribution is 2.21. The molecule has 0 saturated carbocycles. The highest BCUT2D eigenvalue weighted by atomic mass is 16.2. The first-order valence-electron chi connectivity index (χ1n) is 25.5. The number of primary amides is 2. The van der Waals surface area contributed by atoms with Gasteiger partial charge in [0.2, 0.25) is 35.4 Å². The van der Waals surface area contributed by atoms with E-state index in [1.807, 2.05) is 13.8 Å². The number of nitrogens with two attached hydrogens (primary N) is 6. The summed E-state index contributed by atoms with van der Waals surface area (Å²) in [5.41, 5.74) is 32.8. The maximum atomic E-state index is 14.2. The van der Waals surface area contributed by atoms with Gasteiger partial charge in [-0.2, -0.15) is 0 Å². The number of nitrogens with zero attached hydrogens (tertiary/aromatic N) is 2. The molecule has 0 heterocycles. The molecule has 0 saturated heterocycles. The highest BCUT2D eigenvalue weighted by Gasteiger charge is 2.34. The number of rotatable bonds is 43. The van der Waals surface area contributed by atoms with Gasteiger partial charge in [-0.05, 0) is 51.4 Å². The molecule has 400 valence electrons. The average molecular weight is 991 g/mol. The van der Waals surface area contributed by atoms with Crippen molar-refractivity contribution in [1.82, 2.24) is 21.3 Å². The van der Waals surface area contributed by atoms with Gasteiger partial charge in [-0.25, -0.2) is 0 Å². The Bertz CT molecular complexity index is 1700. The quantitative estimate of drug-likeness (QED) is 0.0239. The average Bonchev–Trinajstić information content (AvgIpc) is 3.27. The SMILES string of the molecule is CCCCCCCCCCCCCCCC(=O)N[C@@H](CCCN=C(N)N)C(=O)C[C@@H](CC(C)C)C(=O)N[C@@H](CCCN=C(N)N)C(=O)C[C@@H](CC(N)=O)C(=O)N[C@@H](C)C(=O)C[C@@H](CC(N)=O)C(=O)NC. The van der Waals surface area contributed by atoms with Gasteiger partial charge in [-0.3, -0.25) is 53.1 Å². The third-order valence-electron chi connectivity index (χ3n) is 12.0.